The van der Waals surface area contributed by atoms with Gasteiger partial charge in [0.15, 0.2) is 11.5 Å². The van der Waals surface area contributed by atoms with Crippen molar-refractivity contribution in [1.29, 1.82) is 0 Å². The highest BCUT2D eigenvalue weighted by Crippen LogP contribution is 2.33. The number of nitrogens with zero attached hydrogens (tertiary/aromatic N) is 1. The van der Waals surface area contributed by atoms with E-state index in [0.29, 0.717) is 23.6 Å². The Morgan fingerprint density at radius 3 is 2.44 bits per heavy atom. The number of alkyl halides is 3. The average molecular weight is 538 g/mol. The van der Waals surface area contributed by atoms with Gasteiger partial charge in [-0.2, -0.15) is 18.3 Å². The number of carbonyl (C=O) groups is 1. The molecule has 0 aliphatic heterocycles. The number of hydrogen-bond donors (Lipinski definition) is 4. The number of anilines is 2. The van der Waals surface area contributed by atoms with Crippen molar-refractivity contribution in [3.8, 4) is 11.1 Å². The number of carbonyl (C=O) groups excluding carboxylic acids is 1. The number of aromatic nitrogens is 2. The first-order valence-electron chi connectivity index (χ1n) is 12.6. The van der Waals surface area contributed by atoms with E-state index in [4.69, 9.17) is 5.73 Å². The van der Waals surface area contributed by atoms with Gasteiger partial charge < -0.3 is 16.4 Å². The maximum Gasteiger partial charge on any atom is 0.432 e. The Morgan fingerprint density at radius 2 is 1.77 bits per heavy atom. The summed E-state index contributed by atoms with van der Waals surface area (Å²) in [7, 11) is 0. The molecular weight excluding hydrogens is 510 g/mol. The molecule has 1 aliphatic carbocycles. The first-order valence-corrected chi connectivity index (χ1v) is 12.6. The highest BCUT2D eigenvalue weighted by molar-refractivity contribution is 6.03. The van der Waals surface area contributed by atoms with Crippen LogP contribution in [0.2, 0.25) is 0 Å². The lowest BCUT2D eigenvalue weighted by Gasteiger charge is -2.14. The summed E-state index contributed by atoms with van der Waals surface area (Å²) in [4.78, 5) is 12.7. The maximum absolute atomic E-state index is 15.7. The molecule has 4 aromatic rings. The molecule has 3 aromatic carbocycles. The van der Waals surface area contributed by atoms with Gasteiger partial charge in [-0.15, -0.1) is 0 Å². The molecule has 5 rings (SSSR count). The van der Waals surface area contributed by atoms with E-state index in [1.165, 1.54) is 18.9 Å². The summed E-state index contributed by atoms with van der Waals surface area (Å²) in [5, 5.41) is 11.1. The number of halogens is 4. The van der Waals surface area contributed by atoms with Gasteiger partial charge in [0.25, 0.3) is 5.91 Å². The van der Waals surface area contributed by atoms with Gasteiger partial charge in [0.2, 0.25) is 0 Å². The third kappa shape index (κ3) is 6.46. The van der Waals surface area contributed by atoms with E-state index in [-0.39, 0.29) is 17.8 Å². The summed E-state index contributed by atoms with van der Waals surface area (Å²) in [5.74, 6) is -0.937. The fraction of sp³-hybridized carbons (Fsp3) is 0.241. The number of hydrogen-bond acceptors (Lipinski definition) is 4. The van der Waals surface area contributed by atoms with E-state index < -0.39 is 29.3 Å². The minimum Gasteiger partial charge on any atom is -0.385 e. The summed E-state index contributed by atoms with van der Waals surface area (Å²) in [6.45, 7) is 1.21. The third-order valence-electron chi connectivity index (χ3n) is 6.62. The van der Waals surface area contributed by atoms with Gasteiger partial charge in [-0.05, 0) is 77.8 Å². The van der Waals surface area contributed by atoms with Crippen molar-refractivity contribution in [3.05, 3.63) is 101 Å². The van der Waals surface area contributed by atoms with Gasteiger partial charge in [-0.1, -0.05) is 30.3 Å². The van der Waals surface area contributed by atoms with E-state index in [1.807, 2.05) is 30.3 Å². The van der Waals surface area contributed by atoms with Crippen molar-refractivity contribution in [2.75, 3.05) is 17.2 Å². The normalized spacial score (nSPS) is 13.4. The van der Waals surface area contributed by atoms with Crippen LogP contribution >= 0.6 is 0 Å². The van der Waals surface area contributed by atoms with Crippen LogP contribution in [0.25, 0.3) is 11.1 Å². The van der Waals surface area contributed by atoms with E-state index in [1.54, 1.807) is 29.4 Å². The van der Waals surface area contributed by atoms with Crippen molar-refractivity contribution < 1.29 is 22.4 Å². The quantitative estimate of drug-likeness (QED) is 0.187. The maximum atomic E-state index is 15.7. The molecule has 1 aromatic heterocycles. The summed E-state index contributed by atoms with van der Waals surface area (Å²) in [6.07, 6.45) is -1.74. The standard InChI is InChI=1S/C29H27F4N5O/c30-27-23(21-3-1-2-19(11-21)15-34)12-20(10-17-6-8-22(9-7-17)35-16-18-4-5-18)13-24(27)36-28(39)25-14-26(38-37-25)29(31,32)33/h1-3,6-9,11-14,18,35H,4-5,10,15-16,34H2,(H,36,39)(H,37,38). The number of rotatable bonds is 9. The molecule has 202 valence electrons. The SMILES string of the molecule is NCc1cccc(-c2cc(Cc3ccc(NCC4CC4)cc3)cc(NC(=O)c3cc(C(F)(F)F)[nH]n3)c2F)c1. The summed E-state index contributed by atoms with van der Waals surface area (Å²) >= 11 is 0. The van der Waals surface area contributed by atoms with E-state index in [9.17, 15) is 18.0 Å². The molecule has 6 nitrogen and oxygen atoms in total. The van der Waals surface area contributed by atoms with E-state index in [0.717, 1.165) is 29.3 Å². The molecule has 5 N–H and O–H groups in total. The Morgan fingerprint density at radius 1 is 1.00 bits per heavy atom. The summed E-state index contributed by atoms with van der Waals surface area (Å²) in [5.41, 5.74) is 8.22. The number of benzene rings is 3. The Balaban J connectivity index is 1.44. The average Bonchev–Trinajstić information content (AvgIpc) is 3.61. The second-order valence-electron chi connectivity index (χ2n) is 9.73. The van der Waals surface area contributed by atoms with E-state index in [2.05, 4.69) is 15.7 Å². The fourth-order valence-corrected chi connectivity index (χ4v) is 4.28. The first-order chi connectivity index (χ1) is 18.7. The molecule has 1 saturated carbocycles. The number of aromatic amines is 1. The predicted molar refractivity (Wildman–Crippen MR) is 142 cm³/mol. The van der Waals surface area contributed by atoms with Crippen LogP contribution < -0.4 is 16.4 Å². The van der Waals surface area contributed by atoms with E-state index >= 15 is 4.39 Å². The number of amides is 1. The Hall–Kier alpha value is -4.18. The molecule has 1 amide bonds. The largest absolute Gasteiger partial charge is 0.432 e. The van der Waals surface area contributed by atoms with Crippen LogP contribution in [0.5, 0.6) is 0 Å². The molecule has 1 fully saturated rings. The monoisotopic (exact) mass is 537 g/mol. The summed E-state index contributed by atoms with van der Waals surface area (Å²) < 4.78 is 54.6. The second-order valence-corrected chi connectivity index (χ2v) is 9.73. The van der Waals surface area contributed by atoms with Crippen LogP contribution in [-0.2, 0) is 19.1 Å². The van der Waals surface area contributed by atoms with Crippen LogP contribution in [0.4, 0.5) is 28.9 Å². The molecule has 10 heteroatoms. The highest BCUT2D eigenvalue weighted by Gasteiger charge is 2.34. The molecule has 0 unspecified atom stereocenters. The molecule has 0 spiro atoms. The Labute approximate surface area is 222 Å². The predicted octanol–water partition coefficient (Wildman–Crippen LogP) is 6.36. The highest BCUT2D eigenvalue weighted by atomic mass is 19.4. The number of nitrogens with two attached hydrogens (primary N) is 1. The van der Waals surface area contributed by atoms with Crippen molar-refractivity contribution in [2.45, 2.75) is 32.0 Å². The van der Waals surface area contributed by atoms with Gasteiger partial charge in [-0.25, -0.2) is 4.39 Å². The van der Waals surface area contributed by atoms with Gasteiger partial charge in [0.05, 0.1) is 5.69 Å². The van der Waals surface area contributed by atoms with Gasteiger partial charge >= 0.3 is 6.18 Å². The second kappa shape index (κ2) is 10.9. The molecule has 0 bridgehead atoms. The Kier molecular flexibility index (Phi) is 7.38. The van der Waals surface area contributed by atoms with Crippen LogP contribution in [0, 0.1) is 11.7 Å². The fourth-order valence-electron chi connectivity index (χ4n) is 4.28. The number of nitrogens with one attached hydrogen (secondary N) is 3. The molecule has 0 atom stereocenters. The van der Waals surface area contributed by atoms with Crippen molar-refractivity contribution in [2.24, 2.45) is 11.7 Å². The van der Waals surface area contributed by atoms with Crippen LogP contribution in [0.15, 0.2) is 66.7 Å². The first kappa shape index (κ1) is 26.4. The lowest BCUT2D eigenvalue weighted by molar-refractivity contribution is -0.141. The zero-order valence-corrected chi connectivity index (χ0v) is 20.9. The van der Waals surface area contributed by atoms with Crippen LogP contribution in [-0.4, -0.2) is 22.6 Å². The van der Waals surface area contributed by atoms with Crippen molar-refractivity contribution in [1.82, 2.24) is 10.2 Å². The van der Waals surface area contributed by atoms with Crippen molar-refractivity contribution in [3.63, 3.8) is 0 Å². The lowest BCUT2D eigenvalue weighted by atomic mass is 9.96. The van der Waals surface area contributed by atoms with Gasteiger partial charge in [0.1, 0.15) is 5.69 Å². The van der Waals surface area contributed by atoms with Crippen LogP contribution in [0.1, 0.15) is 45.7 Å². The van der Waals surface area contributed by atoms with Crippen LogP contribution in [0.3, 0.4) is 0 Å². The molecule has 1 heterocycles. The minimum atomic E-state index is -4.69. The molecule has 39 heavy (non-hydrogen) atoms. The minimum absolute atomic E-state index is 0.162. The lowest BCUT2D eigenvalue weighted by Crippen LogP contribution is -2.14. The molecule has 0 saturated heterocycles. The molecule has 1 aliphatic rings. The molecule has 0 radical (unpaired) electrons. The summed E-state index contributed by atoms with van der Waals surface area (Å²) in [6, 6.07) is 18.8. The van der Waals surface area contributed by atoms with Gasteiger partial charge in [0, 0.05) is 30.4 Å². The van der Waals surface area contributed by atoms with Crippen molar-refractivity contribution >= 4 is 17.3 Å². The smallest absolute Gasteiger partial charge is 0.385 e. The zero-order valence-electron chi connectivity index (χ0n) is 20.9. The third-order valence-corrected chi connectivity index (χ3v) is 6.62. The zero-order chi connectivity index (χ0) is 27.6. The molecular formula is C29H27F4N5O. The van der Waals surface area contributed by atoms with Gasteiger partial charge in [-0.3, -0.25) is 9.89 Å². The Bertz CT molecular complexity index is 1480. The topological polar surface area (TPSA) is 95.8 Å². The number of H-pyrrole nitrogens is 1.